The Balaban J connectivity index is 1.50. The zero-order valence-corrected chi connectivity index (χ0v) is 30.6. The van der Waals surface area contributed by atoms with Crippen LogP contribution in [0.5, 0.6) is 0 Å². The number of rotatable bonds is 4. The summed E-state index contributed by atoms with van der Waals surface area (Å²) in [6.45, 7) is 0. The van der Waals surface area contributed by atoms with E-state index in [9.17, 15) is 0 Å². The molecule has 5 nitrogen and oxygen atoms in total. The van der Waals surface area contributed by atoms with Crippen molar-refractivity contribution in [2.75, 3.05) is 0 Å². The fourth-order valence-electron chi connectivity index (χ4n) is 7.68. The maximum Gasteiger partial charge on any atom is 0.164 e. The van der Waals surface area contributed by atoms with Crippen LogP contribution < -0.4 is 76.5 Å². The third-order valence-electron chi connectivity index (χ3n) is 10.7. The Morgan fingerprint density at radius 3 is 1.22 bits per heavy atom. The van der Waals surface area contributed by atoms with Crippen molar-refractivity contribution >= 4 is 230 Å². The topological polar surface area (TPSA) is 56.7 Å². The van der Waals surface area contributed by atoms with Crippen LogP contribution in [0, 0.1) is 0 Å². The molecule has 234 valence electrons. The Hall–Kier alpha value is -5.16. The van der Waals surface area contributed by atoms with Crippen molar-refractivity contribution in [2.45, 2.75) is 0 Å². The lowest BCUT2D eigenvalue weighted by molar-refractivity contribution is 0.674. The van der Waals surface area contributed by atoms with Gasteiger partial charge in [-0.2, -0.15) is 0 Å². The fraction of sp³-hybridized carbons (Fsp3) is 0. The molecule has 0 saturated carbocycles. The van der Waals surface area contributed by atoms with Crippen molar-refractivity contribution in [1.82, 2.24) is 19.5 Å². The van der Waals surface area contributed by atoms with Gasteiger partial charge in [0.15, 0.2) is 17.5 Å². The molecule has 0 atom stereocenters. The third kappa shape index (κ3) is 5.27. The molecule has 28 radical (unpaired) electrons. The monoisotopic (exact) mass is 704 g/mol. The van der Waals surface area contributed by atoms with E-state index in [1.54, 1.807) is 4.57 Å². The molecule has 6 aromatic carbocycles. The summed E-state index contributed by atoms with van der Waals surface area (Å²) in [6, 6.07) is 18.7. The average molecular weight is 702 g/mol. The van der Waals surface area contributed by atoms with E-state index in [4.69, 9.17) is 129 Å². The molecular formula is C39H10B14N4O. The Labute approximate surface area is 352 Å². The van der Waals surface area contributed by atoms with Gasteiger partial charge in [-0.05, 0) is 10.8 Å². The number of hydrogen-bond donors (Lipinski definition) is 0. The molecule has 0 spiro atoms. The summed E-state index contributed by atoms with van der Waals surface area (Å²) < 4.78 is 7.99. The van der Waals surface area contributed by atoms with Crippen LogP contribution in [0.4, 0.5) is 0 Å². The highest BCUT2D eigenvalue weighted by atomic mass is 16.3. The Morgan fingerprint density at radius 1 is 0.345 bits per heavy atom. The highest BCUT2D eigenvalue weighted by Crippen LogP contribution is 2.35. The predicted molar refractivity (Wildman–Crippen MR) is 253 cm³/mol. The van der Waals surface area contributed by atoms with Crippen molar-refractivity contribution < 1.29 is 4.42 Å². The summed E-state index contributed by atoms with van der Waals surface area (Å²) in [5.74, 6) is 0.808. The van der Waals surface area contributed by atoms with Gasteiger partial charge in [0.1, 0.15) is 121 Å². The van der Waals surface area contributed by atoms with E-state index in [1.165, 1.54) is 0 Å². The molecule has 58 heavy (non-hydrogen) atoms. The molecule has 0 unspecified atom stereocenters. The van der Waals surface area contributed by atoms with Crippen LogP contribution in [-0.2, 0) is 0 Å². The maximum atomic E-state index is 7.21. The van der Waals surface area contributed by atoms with Crippen LogP contribution in [0.25, 0.3) is 83.6 Å². The van der Waals surface area contributed by atoms with Crippen molar-refractivity contribution in [2.24, 2.45) is 0 Å². The van der Waals surface area contributed by atoms with E-state index in [-0.39, 0.29) is 137 Å². The first-order valence-electron chi connectivity index (χ1n) is 17.5. The first-order valence-corrected chi connectivity index (χ1v) is 17.5. The van der Waals surface area contributed by atoms with E-state index in [1.807, 2.05) is 60.7 Å². The minimum Gasteiger partial charge on any atom is -0.457 e. The smallest absolute Gasteiger partial charge is 0.164 e. The second-order valence-corrected chi connectivity index (χ2v) is 13.8. The first kappa shape index (κ1) is 38.4. The third-order valence-corrected chi connectivity index (χ3v) is 10.7. The van der Waals surface area contributed by atoms with E-state index < -0.39 is 0 Å². The number of benzene rings is 6. The van der Waals surface area contributed by atoms with E-state index in [2.05, 4.69) is 0 Å². The summed E-state index contributed by atoms with van der Waals surface area (Å²) in [5.41, 5.74) is 2.10. The van der Waals surface area contributed by atoms with Crippen LogP contribution in [-0.4, -0.2) is 129 Å². The molecule has 9 rings (SSSR count). The van der Waals surface area contributed by atoms with Crippen LogP contribution in [0.3, 0.4) is 0 Å². The van der Waals surface area contributed by atoms with Crippen LogP contribution in [0.2, 0.25) is 0 Å². The van der Waals surface area contributed by atoms with E-state index in [0.717, 1.165) is 0 Å². The molecule has 0 bridgehead atoms. The Morgan fingerprint density at radius 2 is 0.741 bits per heavy atom. The number of hydrogen-bond acceptors (Lipinski definition) is 4. The summed E-state index contributed by atoms with van der Waals surface area (Å²) in [4.78, 5) is 14.5. The van der Waals surface area contributed by atoms with Crippen molar-refractivity contribution in [3.63, 3.8) is 0 Å². The molecule has 9 aromatic rings. The van der Waals surface area contributed by atoms with Gasteiger partial charge in [-0.3, -0.25) is 0 Å². The van der Waals surface area contributed by atoms with Gasteiger partial charge in [0, 0.05) is 33.1 Å². The van der Waals surface area contributed by atoms with Gasteiger partial charge in [-0.15, -0.1) is 27.3 Å². The molecule has 0 fully saturated rings. The fourth-order valence-corrected chi connectivity index (χ4v) is 7.68. The summed E-state index contributed by atoms with van der Waals surface area (Å²) >= 11 is 0. The maximum absolute atomic E-state index is 7.21. The van der Waals surface area contributed by atoms with Gasteiger partial charge in [0.2, 0.25) is 0 Å². The lowest BCUT2D eigenvalue weighted by Gasteiger charge is -2.22. The lowest BCUT2D eigenvalue weighted by atomic mass is 9.63. The standard InChI is InChI=1S/C39H10B14N4O/c40-18-15-16-34(57-32-13(19(41)22(44)24(46)27(32)49)14-20(42)23(45)25(47)28(50)33(14)57)29(51)26(48)31(53)36(16)58-35(15)30(52)21(43)17(18)39-55-37(11-7-3-1-4-8-11)54-38(56-39)12-9-5-2-6-10-12/h1-10H. The van der Waals surface area contributed by atoms with Crippen LogP contribution in [0.1, 0.15) is 0 Å². The van der Waals surface area contributed by atoms with Crippen LogP contribution in [0.15, 0.2) is 65.1 Å². The second-order valence-electron chi connectivity index (χ2n) is 13.8. The molecule has 0 saturated heterocycles. The van der Waals surface area contributed by atoms with Crippen molar-refractivity contribution in [3.8, 4) is 39.9 Å². The molecule has 19 heteroatoms. The first-order chi connectivity index (χ1) is 27.6. The lowest BCUT2D eigenvalue weighted by Crippen LogP contribution is -2.49. The quantitative estimate of drug-likeness (QED) is 0.172. The largest absolute Gasteiger partial charge is 0.457 e. The number of fused-ring (bicyclic) bond motifs is 6. The van der Waals surface area contributed by atoms with Gasteiger partial charge >= 0.3 is 0 Å². The average Bonchev–Trinajstić information content (AvgIpc) is 3.81. The molecule has 0 aliphatic heterocycles. The highest BCUT2D eigenvalue weighted by molar-refractivity contribution is 6.72. The van der Waals surface area contributed by atoms with Gasteiger partial charge in [0.25, 0.3) is 0 Å². The van der Waals surface area contributed by atoms with Gasteiger partial charge in [0.05, 0.1) is 11.1 Å². The molecule has 0 aliphatic carbocycles. The zero-order chi connectivity index (χ0) is 41.2. The molecular weight excluding hydrogens is 692 g/mol. The van der Waals surface area contributed by atoms with Gasteiger partial charge in [-0.25, -0.2) is 15.0 Å². The van der Waals surface area contributed by atoms with Crippen molar-refractivity contribution in [1.29, 1.82) is 0 Å². The summed E-state index contributed by atoms with van der Waals surface area (Å²) in [7, 11) is 93.8. The molecule has 0 N–H and O–H groups in total. The zero-order valence-electron chi connectivity index (χ0n) is 30.6. The van der Waals surface area contributed by atoms with E-state index in [0.29, 0.717) is 22.8 Å². The Bertz CT molecular complexity index is 3140. The number of aromatic nitrogens is 4. The van der Waals surface area contributed by atoms with Crippen molar-refractivity contribution in [3.05, 3.63) is 60.7 Å². The molecule has 0 amide bonds. The second kappa shape index (κ2) is 13.7. The minimum atomic E-state index is -0.0655. The normalized spacial score (nSPS) is 11.7. The summed E-state index contributed by atoms with van der Waals surface area (Å²) in [5, 5.41) is 0.949. The van der Waals surface area contributed by atoms with Gasteiger partial charge in [-0.1, -0.05) is 110 Å². The SMILES string of the molecule is [B]c1c(-c2nc(-c3ccccc3)nc(-c3ccccc3)n2)c([B])c2c(oc3c([B])c([B])c([B])c(-n4c5c([B])c([B])c([B])c([B])c5c5c([B])c([B])c([B])c([B])c54)c32)c1[B]. The van der Waals surface area contributed by atoms with Crippen LogP contribution >= 0.6 is 0 Å². The Kier molecular flexibility index (Phi) is 9.07. The minimum absolute atomic E-state index is 0.000322. The molecule has 0 aliphatic rings. The summed E-state index contributed by atoms with van der Waals surface area (Å²) in [6.07, 6.45) is 0. The predicted octanol–water partition coefficient (Wildman–Crippen LogP) is -7.02. The molecule has 3 heterocycles. The highest BCUT2D eigenvalue weighted by Gasteiger charge is 2.29. The molecule has 3 aromatic heterocycles. The number of furan rings is 1. The number of nitrogens with zero attached hydrogens (tertiary/aromatic N) is 4. The van der Waals surface area contributed by atoms with Gasteiger partial charge < -0.3 is 8.98 Å². The van der Waals surface area contributed by atoms with E-state index >= 15 is 0 Å².